The van der Waals surface area contributed by atoms with Gasteiger partial charge in [0.25, 0.3) is 0 Å². The number of fused-ring (bicyclic) bond motifs is 1. The third kappa shape index (κ3) is 4.78. The van der Waals surface area contributed by atoms with Gasteiger partial charge in [-0.3, -0.25) is 14.2 Å². The summed E-state index contributed by atoms with van der Waals surface area (Å²) in [7, 11) is 0. The number of carbonyl (C=O) groups is 2. The molecule has 0 aliphatic carbocycles. The Morgan fingerprint density at radius 1 is 0.938 bits per heavy atom. The van der Waals surface area contributed by atoms with Gasteiger partial charge in [0.2, 0.25) is 0 Å². The summed E-state index contributed by atoms with van der Waals surface area (Å²) in [6, 6.07) is 21.1. The molecule has 0 fully saturated rings. The molecule has 3 aromatic carbocycles. The van der Waals surface area contributed by atoms with Crippen molar-refractivity contribution in [2.45, 2.75) is 19.4 Å². The number of aliphatic carboxylic acids is 1. The summed E-state index contributed by atoms with van der Waals surface area (Å²) in [5.41, 5.74) is 2.87. The van der Waals surface area contributed by atoms with Gasteiger partial charge in [-0.25, -0.2) is 4.79 Å². The number of ether oxygens (including phenoxy) is 1. The predicted molar refractivity (Wildman–Crippen MR) is 118 cm³/mol. The van der Waals surface area contributed by atoms with Crippen LogP contribution in [0.2, 0.25) is 0 Å². The van der Waals surface area contributed by atoms with Crippen molar-refractivity contribution in [3.63, 3.8) is 0 Å². The van der Waals surface area contributed by atoms with E-state index in [1.165, 1.54) is 4.57 Å². The molecule has 1 N–H and O–H groups in total. The number of oxazole rings is 1. The quantitative estimate of drug-likeness (QED) is 0.403. The minimum Gasteiger partial charge on any atom is -0.492 e. The fraction of sp³-hybridized carbons (Fsp3) is 0.160. The maximum Gasteiger partial charge on any atom is 0.420 e. The molecule has 0 saturated heterocycles. The van der Waals surface area contributed by atoms with E-state index in [1.54, 1.807) is 54.6 Å². The van der Waals surface area contributed by atoms with E-state index in [0.29, 0.717) is 34.4 Å². The lowest BCUT2D eigenvalue weighted by atomic mass is 10.0. The first-order valence-electron chi connectivity index (χ1n) is 10.2. The minimum absolute atomic E-state index is 0.0787. The summed E-state index contributed by atoms with van der Waals surface area (Å²) in [5, 5.41) is 8.75. The Labute approximate surface area is 183 Å². The molecule has 0 amide bonds. The zero-order valence-corrected chi connectivity index (χ0v) is 17.2. The second-order valence-corrected chi connectivity index (χ2v) is 7.28. The van der Waals surface area contributed by atoms with Crippen LogP contribution in [-0.2, 0) is 17.8 Å². The fourth-order valence-electron chi connectivity index (χ4n) is 3.43. The molecule has 1 aromatic heterocycles. The molecule has 162 valence electrons. The highest BCUT2D eigenvalue weighted by Gasteiger charge is 2.14. The zero-order chi connectivity index (χ0) is 22.5. The molecule has 0 aliphatic rings. The molecule has 0 saturated carbocycles. The van der Waals surface area contributed by atoms with Gasteiger partial charge in [0.05, 0.1) is 12.1 Å². The van der Waals surface area contributed by atoms with Crippen molar-refractivity contribution in [2.75, 3.05) is 6.61 Å². The zero-order valence-electron chi connectivity index (χ0n) is 17.2. The largest absolute Gasteiger partial charge is 0.492 e. The lowest BCUT2D eigenvalue weighted by Gasteiger charge is -2.08. The van der Waals surface area contributed by atoms with Crippen molar-refractivity contribution < 1.29 is 23.8 Å². The molecule has 7 heteroatoms. The van der Waals surface area contributed by atoms with Gasteiger partial charge in [-0.15, -0.1) is 0 Å². The predicted octanol–water partition coefficient (Wildman–Crippen LogP) is 3.92. The van der Waals surface area contributed by atoms with E-state index in [-0.39, 0.29) is 25.4 Å². The lowest BCUT2D eigenvalue weighted by molar-refractivity contribution is -0.136. The fourth-order valence-corrected chi connectivity index (χ4v) is 3.43. The summed E-state index contributed by atoms with van der Waals surface area (Å²) in [6.07, 6.45) is 0.538. The molecule has 7 nitrogen and oxygen atoms in total. The molecule has 0 aliphatic heterocycles. The van der Waals surface area contributed by atoms with Gasteiger partial charge < -0.3 is 14.3 Å². The normalized spacial score (nSPS) is 10.9. The van der Waals surface area contributed by atoms with Crippen LogP contribution in [0.1, 0.15) is 27.9 Å². The highest BCUT2D eigenvalue weighted by molar-refractivity contribution is 6.10. The van der Waals surface area contributed by atoms with Crippen LogP contribution >= 0.6 is 0 Å². The standard InChI is InChI=1S/C25H21NO6/c27-23(28)13-8-17-6-10-20(11-7-17)31-15-14-26-21-12-9-19(16-22(21)32-25(26)30)24(29)18-4-2-1-3-5-18/h1-7,9-12,16H,8,13-15H2,(H,27,28). The summed E-state index contributed by atoms with van der Waals surface area (Å²) in [6.45, 7) is 0.520. The number of aromatic nitrogens is 1. The van der Waals surface area contributed by atoms with E-state index in [1.807, 2.05) is 18.2 Å². The topological polar surface area (TPSA) is 98.7 Å². The Bertz CT molecular complexity index is 1300. The van der Waals surface area contributed by atoms with Crippen LogP contribution in [0, 0.1) is 0 Å². The monoisotopic (exact) mass is 431 g/mol. The van der Waals surface area contributed by atoms with Crippen LogP contribution in [0.3, 0.4) is 0 Å². The molecule has 0 atom stereocenters. The van der Waals surface area contributed by atoms with E-state index in [9.17, 15) is 14.4 Å². The molecular formula is C25H21NO6. The van der Waals surface area contributed by atoms with Crippen LogP contribution in [-0.4, -0.2) is 28.0 Å². The Kier molecular flexibility index (Phi) is 6.17. The van der Waals surface area contributed by atoms with Crippen LogP contribution in [0.25, 0.3) is 11.1 Å². The molecule has 32 heavy (non-hydrogen) atoms. The first-order valence-corrected chi connectivity index (χ1v) is 10.2. The summed E-state index contributed by atoms with van der Waals surface area (Å²) >= 11 is 0. The van der Waals surface area contributed by atoms with Gasteiger partial charge in [0.1, 0.15) is 12.4 Å². The van der Waals surface area contributed by atoms with Gasteiger partial charge in [-0.2, -0.15) is 0 Å². The number of carbonyl (C=O) groups excluding carboxylic acids is 1. The third-order valence-corrected chi connectivity index (χ3v) is 5.10. The Morgan fingerprint density at radius 3 is 2.41 bits per heavy atom. The van der Waals surface area contributed by atoms with E-state index in [4.69, 9.17) is 14.3 Å². The molecule has 0 radical (unpaired) electrons. The molecule has 0 unspecified atom stereocenters. The van der Waals surface area contributed by atoms with Gasteiger partial charge in [0, 0.05) is 17.5 Å². The average molecular weight is 431 g/mol. The van der Waals surface area contributed by atoms with Crippen molar-refractivity contribution in [1.29, 1.82) is 0 Å². The van der Waals surface area contributed by atoms with Crippen LogP contribution < -0.4 is 10.5 Å². The van der Waals surface area contributed by atoms with Crippen LogP contribution in [0.4, 0.5) is 0 Å². The number of hydrogen-bond donors (Lipinski definition) is 1. The summed E-state index contributed by atoms with van der Waals surface area (Å²) in [4.78, 5) is 35.6. The second-order valence-electron chi connectivity index (χ2n) is 7.28. The molecule has 4 rings (SSSR count). The Balaban J connectivity index is 1.42. The summed E-state index contributed by atoms with van der Waals surface area (Å²) < 4.78 is 12.5. The lowest BCUT2D eigenvalue weighted by Crippen LogP contribution is -2.18. The van der Waals surface area contributed by atoms with Crippen LogP contribution in [0.5, 0.6) is 5.75 Å². The number of aryl methyl sites for hydroxylation is 1. The number of benzene rings is 3. The van der Waals surface area contributed by atoms with Crippen molar-refractivity contribution in [3.8, 4) is 5.75 Å². The number of carboxylic acid groups (broad SMARTS) is 1. The molecule has 0 spiro atoms. The SMILES string of the molecule is O=C(O)CCc1ccc(OCCn2c(=O)oc3cc(C(=O)c4ccccc4)ccc32)cc1. The third-order valence-electron chi connectivity index (χ3n) is 5.10. The van der Waals surface area contributed by atoms with Crippen molar-refractivity contribution in [3.05, 3.63) is 100 Å². The number of ketones is 1. The first kappa shape index (κ1) is 21.1. The van der Waals surface area contributed by atoms with Gasteiger partial charge in [0.15, 0.2) is 11.4 Å². The number of hydrogen-bond acceptors (Lipinski definition) is 5. The number of nitrogens with zero attached hydrogens (tertiary/aromatic N) is 1. The Morgan fingerprint density at radius 2 is 1.69 bits per heavy atom. The van der Waals surface area contributed by atoms with Gasteiger partial charge >= 0.3 is 11.7 Å². The highest BCUT2D eigenvalue weighted by Crippen LogP contribution is 2.19. The van der Waals surface area contributed by atoms with E-state index < -0.39 is 11.7 Å². The highest BCUT2D eigenvalue weighted by atomic mass is 16.5. The smallest absolute Gasteiger partial charge is 0.420 e. The van der Waals surface area contributed by atoms with Crippen LogP contribution in [0.15, 0.2) is 82.0 Å². The van der Waals surface area contributed by atoms with Crippen molar-refractivity contribution >= 4 is 22.9 Å². The molecular weight excluding hydrogens is 410 g/mol. The average Bonchev–Trinajstić information content (AvgIpc) is 3.12. The number of rotatable bonds is 9. The van der Waals surface area contributed by atoms with Crippen molar-refractivity contribution in [2.24, 2.45) is 0 Å². The molecule has 1 heterocycles. The first-order chi connectivity index (χ1) is 15.5. The minimum atomic E-state index is -0.834. The Hall–Kier alpha value is -4.13. The van der Waals surface area contributed by atoms with Crippen molar-refractivity contribution in [1.82, 2.24) is 4.57 Å². The molecule has 4 aromatic rings. The van der Waals surface area contributed by atoms with E-state index >= 15 is 0 Å². The van der Waals surface area contributed by atoms with Gasteiger partial charge in [-0.1, -0.05) is 42.5 Å². The second kappa shape index (κ2) is 9.34. The number of carboxylic acids is 1. The van der Waals surface area contributed by atoms with E-state index in [0.717, 1.165) is 5.56 Å². The molecule has 0 bridgehead atoms. The maximum absolute atomic E-state index is 12.6. The maximum atomic E-state index is 12.6. The van der Waals surface area contributed by atoms with E-state index in [2.05, 4.69) is 0 Å². The summed E-state index contributed by atoms with van der Waals surface area (Å²) in [5.74, 6) is -0.865. The van der Waals surface area contributed by atoms with Gasteiger partial charge in [-0.05, 0) is 42.3 Å².